The molecule has 4 rings (SSSR count). The van der Waals surface area contributed by atoms with Gasteiger partial charge in [-0.15, -0.1) is 0 Å². The summed E-state index contributed by atoms with van der Waals surface area (Å²) in [4.78, 5) is 16.7. The van der Waals surface area contributed by atoms with Gasteiger partial charge >= 0.3 is 6.03 Å². The van der Waals surface area contributed by atoms with Crippen LogP contribution in [0.4, 0.5) is 19.3 Å². The predicted octanol–water partition coefficient (Wildman–Crippen LogP) is 3.07. The van der Waals surface area contributed by atoms with Crippen LogP contribution in [0.1, 0.15) is 25.7 Å². The standard InChI is InChI=1S/C19H25F2N3O2/c20-15-6-5-14(9-16(15)21)22-19(25)24-11-17-18(12-24)26-8-7-23(17)10-13-3-1-2-4-13/h5-6,9,13,17-18H,1-4,7-8,10-12H2,(H,22,25)/t17-,18-/m0/s1. The predicted molar refractivity (Wildman–Crippen MR) is 94.0 cm³/mol. The molecule has 0 radical (unpaired) electrons. The van der Waals surface area contributed by atoms with Crippen molar-refractivity contribution < 1.29 is 18.3 Å². The number of fused-ring (bicyclic) bond motifs is 1. The zero-order chi connectivity index (χ0) is 18.1. The van der Waals surface area contributed by atoms with Crippen molar-refractivity contribution >= 4 is 11.7 Å². The van der Waals surface area contributed by atoms with Crippen LogP contribution < -0.4 is 5.32 Å². The Morgan fingerprint density at radius 3 is 2.77 bits per heavy atom. The van der Waals surface area contributed by atoms with E-state index in [2.05, 4.69) is 10.2 Å². The van der Waals surface area contributed by atoms with E-state index in [1.54, 1.807) is 4.90 Å². The molecular weight excluding hydrogens is 340 g/mol. The van der Waals surface area contributed by atoms with Crippen LogP contribution in [0.25, 0.3) is 0 Å². The first kappa shape index (κ1) is 17.7. The van der Waals surface area contributed by atoms with Crippen LogP contribution in [0.5, 0.6) is 0 Å². The molecule has 0 bridgehead atoms. The van der Waals surface area contributed by atoms with Crippen molar-refractivity contribution in [2.24, 2.45) is 5.92 Å². The van der Waals surface area contributed by atoms with E-state index < -0.39 is 11.6 Å². The second-order valence-corrected chi connectivity index (χ2v) is 7.59. The highest BCUT2D eigenvalue weighted by atomic mass is 19.2. The normalized spacial score (nSPS) is 26.9. The number of nitrogens with zero attached hydrogens (tertiary/aromatic N) is 2. The van der Waals surface area contributed by atoms with E-state index in [1.807, 2.05) is 0 Å². The minimum Gasteiger partial charge on any atom is -0.373 e. The number of halogens is 2. The topological polar surface area (TPSA) is 44.8 Å². The van der Waals surface area contributed by atoms with Crippen molar-refractivity contribution in [1.82, 2.24) is 9.80 Å². The number of hydrogen-bond donors (Lipinski definition) is 1. The fourth-order valence-corrected chi connectivity index (χ4v) is 4.45. The molecule has 1 aromatic carbocycles. The van der Waals surface area contributed by atoms with Gasteiger partial charge in [0.25, 0.3) is 0 Å². The van der Waals surface area contributed by atoms with E-state index in [0.717, 1.165) is 31.1 Å². The second kappa shape index (κ2) is 7.48. The highest BCUT2D eigenvalue weighted by Gasteiger charge is 2.42. The van der Waals surface area contributed by atoms with Crippen LogP contribution in [0.3, 0.4) is 0 Å². The molecule has 7 heteroatoms. The van der Waals surface area contributed by atoms with Crippen LogP contribution in [-0.4, -0.2) is 60.8 Å². The Morgan fingerprint density at radius 1 is 1.19 bits per heavy atom. The number of anilines is 1. The molecule has 2 saturated heterocycles. The van der Waals surface area contributed by atoms with Crippen molar-refractivity contribution in [1.29, 1.82) is 0 Å². The highest BCUT2D eigenvalue weighted by molar-refractivity contribution is 5.89. The Morgan fingerprint density at radius 2 is 2.00 bits per heavy atom. The molecule has 0 spiro atoms. The molecule has 142 valence electrons. The third-order valence-corrected chi connectivity index (χ3v) is 5.84. The van der Waals surface area contributed by atoms with E-state index in [9.17, 15) is 13.6 Å². The zero-order valence-corrected chi connectivity index (χ0v) is 14.8. The minimum atomic E-state index is -0.969. The molecule has 2 heterocycles. The van der Waals surface area contributed by atoms with Gasteiger partial charge in [-0.25, -0.2) is 13.6 Å². The summed E-state index contributed by atoms with van der Waals surface area (Å²) in [5.41, 5.74) is 0.257. The maximum absolute atomic E-state index is 13.3. The van der Waals surface area contributed by atoms with Crippen LogP contribution >= 0.6 is 0 Å². The van der Waals surface area contributed by atoms with Gasteiger partial charge in [-0.2, -0.15) is 0 Å². The molecule has 3 fully saturated rings. The highest BCUT2D eigenvalue weighted by Crippen LogP contribution is 2.30. The Balaban J connectivity index is 1.37. The quantitative estimate of drug-likeness (QED) is 0.895. The molecule has 5 nitrogen and oxygen atoms in total. The molecule has 1 saturated carbocycles. The third-order valence-electron chi connectivity index (χ3n) is 5.84. The molecule has 1 aromatic rings. The van der Waals surface area contributed by atoms with Gasteiger partial charge in [-0.1, -0.05) is 12.8 Å². The number of carbonyl (C=O) groups excluding carboxylic acids is 1. The summed E-state index contributed by atoms with van der Waals surface area (Å²) in [5, 5.41) is 2.66. The summed E-state index contributed by atoms with van der Waals surface area (Å²) in [6.07, 6.45) is 5.28. The summed E-state index contributed by atoms with van der Waals surface area (Å²) in [5.74, 6) is -1.13. The van der Waals surface area contributed by atoms with E-state index in [-0.39, 0.29) is 23.9 Å². The van der Waals surface area contributed by atoms with Gasteiger partial charge in [0.2, 0.25) is 0 Å². The van der Waals surface area contributed by atoms with E-state index >= 15 is 0 Å². The van der Waals surface area contributed by atoms with Gasteiger partial charge < -0.3 is 15.0 Å². The van der Waals surface area contributed by atoms with E-state index in [0.29, 0.717) is 19.7 Å². The first-order valence-electron chi connectivity index (χ1n) is 9.47. The van der Waals surface area contributed by atoms with Crippen LogP contribution in [0, 0.1) is 17.6 Å². The van der Waals surface area contributed by atoms with Crippen LogP contribution in [0.15, 0.2) is 18.2 Å². The van der Waals surface area contributed by atoms with Gasteiger partial charge in [0.1, 0.15) is 0 Å². The first-order valence-corrected chi connectivity index (χ1v) is 9.47. The number of amides is 2. The molecule has 3 aliphatic rings. The van der Waals surface area contributed by atoms with Gasteiger partial charge in [0, 0.05) is 31.4 Å². The molecule has 2 atom stereocenters. The summed E-state index contributed by atoms with van der Waals surface area (Å²) in [6, 6.07) is 3.30. The molecule has 26 heavy (non-hydrogen) atoms. The minimum absolute atomic E-state index is 0.0286. The Hall–Kier alpha value is -1.73. The SMILES string of the molecule is O=C(Nc1ccc(F)c(F)c1)N1C[C@@H]2OCCN(CC3CCCC3)[C@H]2C1. The van der Waals surface area contributed by atoms with Crippen LogP contribution in [-0.2, 0) is 4.74 Å². The number of rotatable bonds is 3. The number of carbonyl (C=O) groups is 1. The number of urea groups is 1. The Labute approximate surface area is 152 Å². The maximum Gasteiger partial charge on any atom is 0.321 e. The average molecular weight is 365 g/mol. The maximum atomic E-state index is 13.3. The monoisotopic (exact) mass is 365 g/mol. The number of ether oxygens (including phenoxy) is 1. The summed E-state index contributed by atoms with van der Waals surface area (Å²) in [7, 11) is 0. The molecule has 1 N–H and O–H groups in total. The largest absolute Gasteiger partial charge is 0.373 e. The summed E-state index contributed by atoms with van der Waals surface area (Å²) < 4.78 is 32.2. The van der Waals surface area contributed by atoms with Crippen molar-refractivity contribution in [2.75, 3.05) is 38.1 Å². The Bertz CT molecular complexity index is 666. The smallest absolute Gasteiger partial charge is 0.321 e. The number of morpholine rings is 1. The number of nitrogens with one attached hydrogen (secondary N) is 1. The van der Waals surface area contributed by atoms with Gasteiger partial charge in [-0.05, 0) is 30.9 Å². The molecule has 2 aliphatic heterocycles. The van der Waals surface area contributed by atoms with Crippen molar-refractivity contribution in [3.63, 3.8) is 0 Å². The Kier molecular flexibility index (Phi) is 5.09. The molecule has 1 aliphatic carbocycles. The van der Waals surface area contributed by atoms with Crippen molar-refractivity contribution in [3.8, 4) is 0 Å². The lowest BCUT2D eigenvalue weighted by molar-refractivity contribution is -0.0515. The average Bonchev–Trinajstić information content (AvgIpc) is 3.28. The fraction of sp³-hybridized carbons (Fsp3) is 0.632. The molecule has 0 unspecified atom stereocenters. The van der Waals surface area contributed by atoms with Crippen molar-refractivity contribution in [2.45, 2.75) is 37.8 Å². The third kappa shape index (κ3) is 3.69. The number of benzene rings is 1. The molecular formula is C19H25F2N3O2. The zero-order valence-electron chi connectivity index (χ0n) is 14.8. The fourth-order valence-electron chi connectivity index (χ4n) is 4.45. The lowest BCUT2D eigenvalue weighted by Gasteiger charge is -2.38. The van der Waals surface area contributed by atoms with Crippen LogP contribution in [0.2, 0.25) is 0 Å². The van der Waals surface area contributed by atoms with E-state index in [1.165, 1.54) is 31.7 Å². The van der Waals surface area contributed by atoms with Gasteiger partial charge in [-0.3, -0.25) is 4.90 Å². The molecule has 2 amide bonds. The molecule has 0 aromatic heterocycles. The lowest BCUT2D eigenvalue weighted by Crippen LogP contribution is -2.52. The van der Waals surface area contributed by atoms with Gasteiger partial charge in [0.15, 0.2) is 11.6 Å². The van der Waals surface area contributed by atoms with E-state index in [4.69, 9.17) is 4.74 Å². The first-order chi connectivity index (χ1) is 12.6. The lowest BCUT2D eigenvalue weighted by atomic mass is 10.0. The van der Waals surface area contributed by atoms with Gasteiger partial charge in [0.05, 0.1) is 25.3 Å². The number of hydrogen-bond acceptors (Lipinski definition) is 3. The summed E-state index contributed by atoms with van der Waals surface area (Å²) >= 11 is 0. The summed E-state index contributed by atoms with van der Waals surface area (Å²) in [6.45, 7) is 3.83. The van der Waals surface area contributed by atoms with Crippen molar-refractivity contribution in [3.05, 3.63) is 29.8 Å². The second-order valence-electron chi connectivity index (χ2n) is 7.59. The number of likely N-dealkylation sites (tertiary alicyclic amines) is 1.